The molecule has 2 N–H and O–H groups in total. The van der Waals surface area contributed by atoms with Crippen molar-refractivity contribution in [2.75, 3.05) is 26.2 Å². The highest BCUT2D eigenvalue weighted by Gasteiger charge is 2.30. The van der Waals surface area contributed by atoms with Gasteiger partial charge in [0.15, 0.2) is 0 Å². The molecule has 0 aliphatic heterocycles. The van der Waals surface area contributed by atoms with E-state index in [-0.39, 0.29) is 30.2 Å². The summed E-state index contributed by atoms with van der Waals surface area (Å²) >= 11 is 6.07. The SMILES string of the molecule is CCNCCNC(=O)CC(CC(=O)N(CC)C1Cc2ccccc2C1)c1ccc(Cl)cc1. The lowest BCUT2D eigenvalue weighted by Gasteiger charge is -2.29. The number of likely N-dealkylation sites (N-methyl/N-ethyl adjacent to an activating group) is 2. The summed E-state index contributed by atoms with van der Waals surface area (Å²) in [7, 11) is 0. The number of hydrogen-bond acceptors (Lipinski definition) is 3. The van der Waals surface area contributed by atoms with Crippen LogP contribution in [-0.4, -0.2) is 48.9 Å². The zero-order chi connectivity index (χ0) is 22.9. The maximum absolute atomic E-state index is 13.4. The smallest absolute Gasteiger partial charge is 0.223 e. The summed E-state index contributed by atoms with van der Waals surface area (Å²) in [6.45, 7) is 6.92. The quantitative estimate of drug-likeness (QED) is 0.504. The number of carbonyl (C=O) groups is 2. The van der Waals surface area contributed by atoms with Crippen LogP contribution < -0.4 is 10.6 Å². The van der Waals surface area contributed by atoms with Gasteiger partial charge in [-0.25, -0.2) is 0 Å². The third kappa shape index (κ3) is 6.57. The molecular formula is C26H34ClN3O2. The van der Waals surface area contributed by atoms with Crippen molar-refractivity contribution in [3.05, 3.63) is 70.2 Å². The van der Waals surface area contributed by atoms with E-state index in [1.807, 2.05) is 43.0 Å². The van der Waals surface area contributed by atoms with Gasteiger partial charge in [0.1, 0.15) is 0 Å². The van der Waals surface area contributed by atoms with E-state index in [0.717, 1.165) is 31.5 Å². The number of carbonyl (C=O) groups excluding carboxylic acids is 2. The van der Waals surface area contributed by atoms with E-state index in [1.54, 1.807) is 0 Å². The van der Waals surface area contributed by atoms with E-state index in [2.05, 4.69) is 34.9 Å². The number of rotatable bonds is 11. The highest BCUT2D eigenvalue weighted by Crippen LogP contribution is 2.29. The lowest BCUT2D eigenvalue weighted by Crippen LogP contribution is -2.41. The third-order valence-electron chi connectivity index (χ3n) is 6.20. The monoisotopic (exact) mass is 455 g/mol. The fraction of sp³-hybridized carbons (Fsp3) is 0.462. The Hall–Kier alpha value is -2.37. The molecule has 1 aliphatic rings. The molecule has 172 valence electrons. The molecule has 0 radical (unpaired) electrons. The van der Waals surface area contributed by atoms with Gasteiger partial charge in [-0.05, 0) is 55.1 Å². The lowest BCUT2D eigenvalue weighted by atomic mass is 9.91. The molecule has 0 bridgehead atoms. The number of nitrogens with one attached hydrogen (secondary N) is 2. The molecule has 5 nitrogen and oxygen atoms in total. The zero-order valence-corrected chi connectivity index (χ0v) is 19.8. The van der Waals surface area contributed by atoms with Crippen LogP contribution >= 0.6 is 11.6 Å². The van der Waals surface area contributed by atoms with Crippen LogP contribution in [0.2, 0.25) is 5.02 Å². The number of hydrogen-bond donors (Lipinski definition) is 2. The fourth-order valence-corrected chi connectivity index (χ4v) is 4.65. The van der Waals surface area contributed by atoms with Crippen LogP contribution in [0.5, 0.6) is 0 Å². The van der Waals surface area contributed by atoms with Crippen molar-refractivity contribution >= 4 is 23.4 Å². The Labute approximate surface area is 196 Å². The molecule has 2 aromatic rings. The van der Waals surface area contributed by atoms with Gasteiger partial charge in [-0.2, -0.15) is 0 Å². The van der Waals surface area contributed by atoms with Gasteiger partial charge in [0.05, 0.1) is 0 Å². The highest BCUT2D eigenvalue weighted by atomic mass is 35.5. The van der Waals surface area contributed by atoms with E-state index in [1.165, 1.54) is 11.1 Å². The summed E-state index contributed by atoms with van der Waals surface area (Å²) in [5.41, 5.74) is 3.63. The van der Waals surface area contributed by atoms with Gasteiger partial charge in [-0.3, -0.25) is 9.59 Å². The maximum atomic E-state index is 13.4. The van der Waals surface area contributed by atoms with E-state index >= 15 is 0 Å². The van der Waals surface area contributed by atoms with Gasteiger partial charge in [0.25, 0.3) is 0 Å². The minimum Gasteiger partial charge on any atom is -0.355 e. The summed E-state index contributed by atoms with van der Waals surface area (Å²) in [5, 5.41) is 6.80. The summed E-state index contributed by atoms with van der Waals surface area (Å²) in [6, 6.07) is 16.1. The molecule has 0 saturated heterocycles. The second-order valence-electron chi connectivity index (χ2n) is 8.37. The average Bonchev–Trinajstić information content (AvgIpc) is 3.21. The molecule has 6 heteroatoms. The first kappa shape index (κ1) is 24.3. The Bertz CT molecular complexity index is 875. The van der Waals surface area contributed by atoms with Gasteiger partial charge in [-0.1, -0.05) is 54.9 Å². The van der Waals surface area contributed by atoms with Gasteiger partial charge in [0.2, 0.25) is 11.8 Å². The van der Waals surface area contributed by atoms with E-state index < -0.39 is 0 Å². The highest BCUT2D eigenvalue weighted by molar-refractivity contribution is 6.30. The Kier molecular flexibility index (Phi) is 9.12. The number of halogens is 1. The van der Waals surface area contributed by atoms with Gasteiger partial charge in [-0.15, -0.1) is 0 Å². The van der Waals surface area contributed by atoms with Crippen molar-refractivity contribution in [1.82, 2.24) is 15.5 Å². The second-order valence-corrected chi connectivity index (χ2v) is 8.81. The molecule has 0 fully saturated rings. The number of fused-ring (bicyclic) bond motifs is 1. The Morgan fingerprint density at radius 1 is 1.00 bits per heavy atom. The topological polar surface area (TPSA) is 61.4 Å². The number of benzene rings is 2. The normalized spacial score (nSPS) is 14.1. The largest absolute Gasteiger partial charge is 0.355 e. The van der Waals surface area contributed by atoms with E-state index in [9.17, 15) is 9.59 Å². The predicted octanol–water partition coefficient (Wildman–Crippen LogP) is 3.95. The minimum atomic E-state index is -0.184. The van der Waals surface area contributed by atoms with Crippen molar-refractivity contribution in [2.45, 2.75) is 51.5 Å². The predicted molar refractivity (Wildman–Crippen MR) is 130 cm³/mol. The first-order valence-electron chi connectivity index (χ1n) is 11.6. The molecule has 0 aromatic heterocycles. The molecule has 0 spiro atoms. The van der Waals surface area contributed by atoms with Crippen LogP contribution in [0, 0.1) is 0 Å². The molecular weight excluding hydrogens is 422 g/mol. The van der Waals surface area contributed by atoms with Crippen molar-refractivity contribution in [2.24, 2.45) is 0 Å². The lowest BCUT2D eigenvalue weighted by molar-refractivity contribution is -0.133. The van der Waals surface area contributed by atoms with Crippen molar-refractivity contribution in [1.29, 1.82) is 0 Å². The first-order chi connectivity index (χ1) is 15.5. The Balaban J connectivity index is 1.68. The van der Waals surface area contributed by atoms with Crippen molar-refractivity contribution in [3.63, 3.8) is 0 Å². The Morgan fingerprint density at radius 2 is 1.66 bits per heavy atom. The molecule has 2 aromatic carbocycles. The summed E-state index contributed by atoms with van der Waals surface area (Å²) < 4.78 is 0. The summed E-state index contributed by atoms with van der Waals surface area (Å²) in [6.07, 6.45) is 2.38. The van der Waals surface area contributed by atoms with Crippen LogP contribution in [0.1, 0.15) is 49.3 Å². The van der Waals surface area contributed by atoms with Crippen molar-refractivity contribution < 1.29 is 9.59 Å². The van der Waals surface area contributed by atoms with E-state index in [4.69, 9.17) is 11.6 Å². The maximum Gasteiger partial charge on any atom is 0.223 e. The molecule has 1 unspecified atom stereocenters. The van der Waals surface area contributed by atoms with Crippen LogP contribution in [0.3, 0.4) is 0 Å². The van der Waals surface area contributed by atoms with Crippen LogP contribution in [0.15, 0.2) is 48.5 Å². The Morgan fingerprint density at radius 3 is 2.25 bits per heavy atom. The van der Waals surface area contributed by atoms with Gasteiger partial charge < -0.3 is 15.5 Å². The molecule has 1 aliphatic carbocycles. The second kappa shape index (κ2) is 12.0. The molecule has 32 heavy (non-hydrogen) atoms. The van der Waals surface area contributed by atoms with Crippen LogP contribution in [-0.2, 0) is 22.4 Å². The summed E-state index contributed by atoms with van der Waals surface area (Å²) in [5.74, 6) is -0.116. The molecule has 0 heterocycles. The number of nitrogens with zero attached hydrogens (tertiary/aromatic N) is 1. The summed E-state index contributed by atoms with van der Waals surface area (Å²) in [4.78, 5) is 28.0. The molecule has 2 amide bonds. The number of amides is 2. The fourth-order valence-electron chi connectivity index (χ4n) is 4.53. The molecule has 0 saturated carbocycles. The first-order valence-corrected chi connectivity index (χ1v) is 12.0. The third-order valence-corrected chi connectivity index (χ3v) is 6.45. The van der Waals surface area contributed by atoms with Gasteiger partial charge in [0, 0.05) is 49.5 Å². The van der Waals surface area contributed by atoms with Crippen LogP contribution in [0.25, 0.3) is 0 Å². The van der Waals surface area contributed by atoms with Gasteiger partial charge >= 0.3 is 0 Å². The molecule has 1 atom stereocenters. The zero-order valence-electron chi connectivity index (χ0n) is 19.1. The van der Waals surface area contributed by atoms with E-state index in [0.29, 0.717) is 24.5 Å². The van der Waals surface area contributed by atoms with Crippen LogP contribution in [0.4, 0.5) is 0 Å². The average molecular weight is 456 g/mol. The van der Waals surface area contributed by atoms with Crippen molar-refractivity contribution in [3.8, 4) is 0 Å². The standard InChI is InChI=1S/C26H34ClN3O2/c1-3-28-13-14-29-25(31)17-22(19-9-11-23(27)12-10-19)18-26(32)30(4-2)24-15-20-7-5-6-8-21(20)16-24/h5-12,22,24,28H,3-4,13-18H2,1-2H3,(H,29,31). The minimum absolute atomic E-state index is 0.0352. The molecule has 3 rings (SSSR count).